The molecule has 6 N–H and O–H groups in total. The Morgan fingerprint density at radius 1 is 1.11 bits per heavy atom. The predicted octanol–water partition coefficient (Wildman–Crippen LogP) is 1.85. The summed E-state index contributed by atoms with van der Waals surface area (Å²) in [4.78, 5) is 27.1. The molecule has 2 aromatic carbocycles. The Balaban J connectivity index is 1.69. The maximum atomic E-state index is 13.6. The molecule has 0 amide bonds. The van der Waals surface area contributed by atoms with Gasteiger partial charge < -0.3 is 40.4 Å². The lowest BCUT2D eigenvalue weighted by Crippen LogP contribution is -2.48. The van der Waals surface area contributed by atoms with Crippen molar-refractivity contribution in [3.63, 3.8) is 0 Å². The maximum Gasteiger partial charge on any atom is 0.202 e. The van der Waals surface area contributed by atoms with Gasteiger partial charge >= 0.3 is 0 Å². The molecule has 0 spiro atoms. The fourth-order valence-electron chi connectivity index (χ4n) is 5.79. The number of rotatable bonds is 4. The third-order valence-electron chi connectivity index (χ3n) is 7.71. The lowest BCUT2D eigenvalue weighted by atomic mass is 9.71. The highest BCUT2D eigenvalue weighted by molar-refractivity contribution is 6.31. The topological polar surface area (TPSA) is 169 Å². The van der Waals surface area contributed by atoms with E-state index in [9.17, 15) is 30.0 Å². The molecule has 3 aliphatic rings. The summed E-state index contributed by atoms with van der Waals surface area (Å²) in [7, 11) is 1.36. The van der Waals surface area contributed by atoms with Crippen LogP contribution in [0.3, 0.4) is 0 Å². The summed E-state index contributed by atoms with van der Waals surface area (Å²) in [6.07, 6.45) is -2.75. The average Bonchev–Trinajstić information content (AvgIpc) is 2.83. The number of carbonyl (C=O) groups excluding carboxylic acids is 2. The zero-order chi connectivity index (χ0) is 26.8. The first-order chi connectivity index (χ1) is 17.5. The first-order valence-corrected chi connectivity index (χ1v) is 12.3. The fraction of sp³-hybridized carbons (Fsp3) is 0.481. The number of hydrogen-bond acceptors (Lipinski definition) is 10. The van der Waals surface area contributed by atoms with E-state index >= 15 is 0 Å². The monoisotopic (exact) mass is 513 g/mol. The molecule has 37 heavy (non-hydrogen) atoms. The van der Waals surface area contributed by atoms with Crippen molar-refractivity contribution in [2.24, 2.45) is 5.73 Å². The number of benzene rings is 2. The van der Waals surface area contributed by atoms with Crippen molar-refractivity contribution in [2.75, 3.05) is 7.11 Å². The van der Waals surface area contributed by atoms with Crippen LogP contribution in [0.4, 0.5) is 0 Å². The molecule has 6 atom stereocenters. The maximum absolute atomic E-state index is 13.6. The number of nitrogens with two attached hydrogens (primary N) is 1. The number of ketones is 2. The number of phenols is 2. The molecule has 1 aliphatic heterocycles. The second-order valence-electron chi connectivity index (χ2n) is 10.3. The van der Waals surface area contributed by atoms with E-state index in [2.05, 4.69) is 0 Å². The summed E-state index contributed by atoms with van der Waals surface area (Å²) >= 11 is 0. The van der Waals surface area contributed by atoms with Gasteiger partial charge in [0.15, 0.2) is 12.1 Å². The van der Waals surface area contributed by atoms with Crippen LogP contribution in [0.2, 0.25) is 0 Å². The van der Waals surface area contributed by atoms with Crippen LogP contribution in [0.1, 0.15) is 82.2 Å². The second-order valence-corrected chi connectivity index (χ2v) is 10.3. The van der Waals surface area contributed by atoms with Gasteiger partial charge in [0.05, 0.1) is 47.7 Å². The first-order valence-electron chi connectivity index (χ1n) is 12.3. The van der Waals surface area contributed by atoms with Gasteiger partial charge in [-0.2, -0.15) is 0 Å². The van der Waals surface area contributed by atoms with Gasteiger partial charge in [-0.1, -0.05) is 12.1 Å². The smallest absolute Gasteiger partial charge is 0.202 e. The number of fused-ring (bicyclic) bond motifs is 3. The summed E-state index contributed by atoms with van der Waals surface area (Å²) in [5.74, 6) is -2.26. The van der Waals surface area contributed by atoms with Crippen molar-refractivity contribution < 1.29 is 44.2 Å². The molecule has 0 bridgehead atoms. The van der Waals surface area contributed by atoms with Crippen LogP contribution < -0.4 is 10.5 Å². The minimum Gasteiger partial charge on any atom is -0.507 e. The number of aromatic hydroxyl groups is 2. The molecule has 10 heteroatoms. The van der Waals surface area contributed by atoms with Crippen molar-refractivity contribution in [3.8, 4) is 17.2 Å². The van der Waals surface area contributed by atoms with Crippen molar-refractivity contribution in [3.05, 3.63) is 51.6 Å². The van der Waals surface area contributed by atoms with Crippen molar-refractivity contribution in [1.82, 2.24) is 0 Å². The zero-order valence-corrected chi connectivity index (χ0v) is 20.9. The summed E-state index contributed by atoms with van der Waals surface area (Å²) in [5, 5.41) is 44.6. The van der Waals surface area contributed by atoms with E-state index in [1.807, 2.05) is 6.92 Å². The highest BCUT2D eigenvalue weighted by Gasteiger charge is 2.49. The Bertz CT molecular complexity index is 1280. The third kappa shape index (κ3) is 4.00. The van der Waals surface area contributed by atoms with E-state index < -0.39 is 47.2 Å². The van der Waals surface area contributed by atoms with Crippen molar-refractivity contribution in [1.29, 1.82) is 0 Å². The molecular weight excluding hydrogens is 482 g/mol. The lowest BCUT2D eigenvalue weighted by molar-refractivity contribution is -0.230. The highest BCUT2D eigenvalue weighted by atomic mass is 16.7. The standard InChI is InChI=1S/C27H31NO9/c1-11-7-13(28)8-18(36-11)37-17-10-27(34,12(2)29)9-15-20(17)26(33)22-21(24(15)31)23(30)14-5-4-6-16(35-3)19(14)25(22)32/h4-6,11-13,17-18,29,31,33-34H,7-10,28H2,1-3H3/t11?,12?,13?,17-,18?,27?/m0/s1. The number of carbonyl (C=O) groups is 2. The van der Waals surface area contributed by atoms with Gasteiger partial charge in [0.1, 0.15) is 17.2 Å². The molecule has 5 unspecified atom stereocenters. The number of hydrogen-bond donors (Lipinski definition) is 5. The Kier molecular flexibility index (Phi) is 6.28. The minimum absolute atomic E-state index is 0.0127. The van der Waals surface area contributed by atoms with E-state index in [1.165, 1.54) is 26.2 Å². The normalized spacial score (nSPS) is 29.8. The summed E-state index contributed by atoms with van der Waals surface area (Å²) in [5.41, 5.74) is 3.77. The summed E-state index contributed by atoms with van der Waals surface area (Å²) in [6, 6.07) is 4.33. The molecule has 0 aromatic heterocycles. The molecule has 10 nitrogen and oxygen atoms in total. The second kappa shape index (κ2) is 9.07. The van der Waals surface area contributed by atoms with Crippen LogP contribution >= 0.6 is 0 Å². The van der Waals surface area contributed by atoms with E-state index in [0.717, 1.165) is 0 Å². The molecule has 1 fully saturated rings. The molecule has 2 aliphatic carbocycles. The molecule has 1 heterocycles. The Morgan fingerprint density at radius 3 is 2.46 bits per heavy atom. The van der Waals surface area contributed by atoms with E-state index in [1.54, 1.807) is 6.07 Å². The van der Waals surface area contributed by atoms with Crippen LogP contribution in [0.5, 0.6) is 17.2 Å². The SMILES string of the molecule is COc1cccc2c1C(=O)c1c(O)c3c(c(O)c1C2=O)CC(O)(C(C)O)C[C@@H]3OC1CC(N)CC(C)O1. The molecule has 198 valence electrons. The van der Waals surface area contributed by atoms with Crippen LogP contribution in [0.15, 0.2) is 18.2 Å². The van der Waals surface area contributed by atoms with Gasteiger partial charge in [-0.15, -0.1) is 0 Å². The van der Waals surface area contributed by atoms with Crippen molar-refractivity contribution in [2.45, 2.75) is 75.8 Å². The van der Waals surface area contributed by atoms with E-state index in [4.69, 9.17) is 19.9 Å². The molecule has 2 aromatic rings. The molecule has 0 saturated carbocycles. The zero-order valence-electron chi connectivity index (χ0n) is 20.9. The van der Waals surface area contributed by atoms with Crippen LogP contribution in [-0.2, 0) is 15.9 Å². The number of phenolic OH excluding ortho intramolecular Hbond substituents is 2. The number of aliphatic hydroxyl groups excluding tert-OH is 1. The largest absolute Gasteiger partial charge is 0.507 e. The number of ether oxygens (including phenoxy) is 3. The highest BCUT2D eigenvalue weighted by Crippen LogP contribution is 2.52. The Labute approximate surface area is 213 Å². The van der Waals surface area contributed by atoms with Gasteiger partial charge in [0, 0.05) is 42.0 Å². The van der Waals surface area contributed by atoms with E-state index in [0.29, 0.717) is 12.8 Å². The first kappa shape index (κ1) is 25.6. The van der Waals surface area contributed by atoms with Gasteiger partial charge in [-0.25, -0.2) is 0 Å². The molecular formula is C27H31NO9. The molecule has 0 radical (unpaired) electrons. The van der Waals surface area contributed by atoms with Crippen molar-refractivity contribution >= 4 is 11.6 Å². The number of aliphatic hydroxyl groups is 2. The van der Waals surface area contributed by atoms with Crippen LogP contribution in [0, 0.1) is 0 Å². The lowest BCUT2D eigenvalue weighted by Gasteiger charge is -2.43. The molecule has 5 rings (SSSR count). The van der Waals surface area contributed by atoms with Crippen LogP contribution in [0.25, 0.3) is 0 Å². The minimum atomic E-state index is -1.75. The number of methoxy groups -OCH3 is 1. The average molecular weight is 514 g/mol. The molecule has 1 saturated heterocycles. The Morgan fingerprint density at radius 2 is 1.81 bits per heavy atom. The van der Waals surface area contributed by atoms with Gasteiger partial charge in [0.2, 0.25) is 5.78 Å². The van der Waals surface area contributed by atoms with Crippen LogP contribution in [-0.4, -0.2) is 69.2 Å². The Hall–Kier alpha value is -3.02. The van der Waals surface area contributed by atoms with Gasteiger partial charge in [-0.05, 0) is 26.3 Å². The van der Waals surface area contributed by atoms with Gasteiger partial charge in [-0.3, -0.25) is 9.59 Å². The predicted molar refractivity (Wildman–Crippen MR) is 130 cm³/mol. The third-order valence-corrected chi connectivity index (χ3v) is 7.71. The van der Waals surface area contributed by atoms with Gasteiger partial charge in [0.25, 0.3) is 0 Å². The fourth-order valence-corrected chi connectivity index (χ4v) is 5.79. The summed E-state index contributed by atoms with van der Waals surface area (Å²) in [6.45, 7) is 3.26. The quantitative estimate of drug-likeness (QED) is 0.325. The van der Waals surface area contributed by atoms with E-state index in [-0.39, 0.29) is 64.1 Å². The summed E-state index contributed by atoms with van der Waals surface area (Å²) < 4.78 is 17.3.